The van der Waals surface area contributed by atoms with Gasteiger partial charge in [-0.3, -0.25) is 4.79 Å². The number of hydrogen-bond acceptors (Lipinski definition) is 5. The zero-order valence-electron chi connectivity index (χ0n) is 17.3. The molecule has 0 fully saturated rings. The highest BCUT2D eigenvalue weighted by atomic mass is 35.5. The van der Waals surface area contributed by atoms with Crippen LogP contribution < -0.4 is 5.32 Å². The third-order valence-electron chi connectivity index (χ3n) is 4.67. The summed E-state index contributed by atoms with van der Waals surface area (Å²) in [5, 5.41) is 2.84. The first kappa shape index (κ1) is 22.3. The zero-order chi connectivity index (χ0) is 22.1. The molecule has 0 atom stereocenters. The Morgan fingerprint density at radius 3 is 2.50 bits per heavy atom. The molecule has 0 radical (unpaired) electrons. The Kier molecular flexibility index (Phi) is 6.50. The predicted octanol–water partition coefficient (Wildman–Crippen LogP) is 4.89. The van der Waals surface area contributed by atoms with E-state index in [1.807, 2.05) is 13.8 Å². The van der Waals surface area contributed by atoms with Crippen molar-refractivity contribution in [1.29, 1.82) is 0 Å². The molecule has 3 rings (SSSR count). The molecule has 1 aromatic heterocycles. The van der Waals surface area contributed by atoms with Crippen molar-refractivity contribution in [1.82, 2.24) is 9.29 Å². The van der Waals surface area contributed by atoms with Crippen LogP contribution in [0.4, 0.5) is 5.69 Å². The maximum atomic E-state index is 12.8. The molecule has 1 amide bonds. The molecule has 160 valence electrons. The Balaban J connectivity index is 1.90. The molecule has 3 aromatic rings. The summed E-state index contributed by atoms with van der Waals surface area (Å²) >= 11 is 6.14. The number of oxazole rings is 1. The van der Waals surface area contributed by atoms with Crippen molar-refractivity contribution in [2.75, 3.05) is 18.4 Å². The predicted molar refractivity (Wildman–Crippen MR) is 118 cm³/mol. The van der Waals surface area contributed by atoms with E-state index in [0.717, 1.165) is 0 Å². The van der Waals surface area contributed by atoms with Gasteiger partial charge in [-0.2, -0.15) is 4.31 Å². The SMILES string of the molecule is CCN(CC)S(=O)(=O)c1cc(C(=O)Nc2ccc3oc(C(C)C)nc3c2)ccc1Cl. The van der Waals surface area contributed by atoms with Gasteiger partial charge in [0.15, 0.2) is 11.5 Å². The number of carbonyl (C=O) groups excluding carboxylic acids is 1. The standard InChI is InChI=1S/C21H24ClN3O4S/c1-5-25(6-2)30(27,28)19-11-14(7-9-16(19)22)20(26)23-15-8-10-18-17(12-15)24-21(29-18)13(3)4/h7-13H,5-6H2,1-4H3,(H,23,26). The molecule has 0 unspecified atom stereocenters. The summed E-state index contributed by atoms with van der Waals surface area (Å²) in [7, 11) is -3.80. The molecule has 0 spiro atoms. The fraction of sp³-hybridized carbons (Fsp3) is 0.333. The van der Waals surface area contributed by atoms with E-state index < -0.39 is 15.9 Å². The van der Waals surface area contributed by atoms with Crippen LogP contribution in [0.15, 0.2) is 45.7 Å². The summed E-state index contributed by atoms with van der Waals surface area (Å²) in [4.78, 5) is 17.1. The molecule has 30 heavy (non-hydrogen) atoms. The number of aromatic nitrogens is 1. The minimum absolute atomic E-state index is 0.0729. The number of benzene rings is 2. The van der Waals surface area contributed by atoms with Gasteiger partial charge in [-0.1, -0.05) is 39.3 Å². The summed E-state index contributed by atoms with van der Waals surface area (Å²) in [5.41, 5.74) is 1.99. The van der Waals surface area contributed by atoms with Gasteiger partial charge < -0.3 is 9.73 Å². The molecule has 0 bridgehead atoms. The molecule has 0 saturated carbocycles. The number of nitrogens with zero attached hydrogens (tertiary/aromatic N) is 2. The second kappa shape index (κ2) is 8.75. The Labute approximate surface area is 181 Å². The molecule has 1 heterocycles. The number of halogens is 1. The molecule has 7 nitrogen and oxygen atoms in total. The minimum atomic E-state index is -3.80. The van der Waals surface area contributed by atoms with Crippen LogP contribution in [-0.4, -0.2) is 36.7 Å². The zero-order valence-corrected chi connectivity index (χ0v) is 18.8. The van der Waals surface area contributed by atoms with E-state index in [1.165, 1.54) is 22.5 Å². The van der Waals surface area contributed by atoms with Crippen molar-refractivity contribution in [3.05, 3.63) is 52.9 Å². The lowest BCUT2D eigenvalue weighted by Gasteiger charge is -2.19. The van der Waals surface area contributed by atoms with E-state index in [2.05, 4.69) is 10.3 Å². The van der Waals surface area contributed by atoms with Crippen LogP contribution in [0, 0.1) is 0 Å². The lowest BCUT2D eigenvalue weighted by Crippen LogP contribution is -2.31. The van der Waals surface area contributed by atoms with E-state index in [0.29, 0.717) is 35.8 Å². The van der Waals surface area contributed by atoms with Crippen molar-refractivity contribution in [3.8, 4) is 0 Å². The number of carbonyl (C=O) groups is 1. The van der Waals surface area contributed by atoms with Gasteiger partial charge in [0.2, 0.25) is 10.0 Å². The van der Waals surface area contributed by atoms with Crippen LogP contribution in [0.1, 0.15) is 49.9 Å². The molecular formula is C21H24ClN3O4S. The van der Waals surface area contributed by atoms with Gasteiger partial charge in [0.1, 0.15) is 10.4 Å². The van der Waals surface area contributed by atoms with Crippen molar-refractivity contribution in [2.45, 2.75) is 38.5 Å². The van der Waals surface area contributed by atoms with E-state index in [1.54, 1.807) is 32.0 Å². The quantitative estimate of drug-likeness (QED) is 0.554. The first-order valence-electron chi connectivity index (χ1n) is 9.68. The van der Waals surface area contributed by atoms with E-state index in [-0.39, 0.29) is 21.4 Å². The highest BCUT2D eigenvalue weighted by Gasteiger charge is 2.25. The summed E-state index contributed by atoms with van der Waals surface area (Å²) < 4.78 is 32.7. The number of rotatable bonds is 7. The molecule has 0 aliphatic carbocycles. The van der Waals surface area contributed by atoms with Gasteiger partial charge in [-0.15, -0.1) is 0 Å². The first-order chi connectivity index (χ1) is 14.2. The topological polar surface area (TPSA) is 92.5 Å². The van der Waals surface area contributed by atoms with E-state index >= 15 is 0 Å². The van der Waals surface area contributed by atoms with Crippen LogP contribution in [0.5, 0.6) is 0 Å². The fourth-order valence-electron chi connectivity index (χ4n) is 3.02. The first-order valence-corrected chi connectivity index (χ1v) is 11.5. The van der Waals surface area contributed by atoms with Gasteiger partial charge in [-0.25, -0.2) is 13.4 Å². The maximum Gasteiger partial charge on any atom is 0.255 e. The minimum Gasteiger partial charge on any atom is -0.440 e. The van der Waals surface area contributed by atoms with Gasteiger partial charge in [0, 0.05) is 30.3 Å². The lowest BCUT2D eigenvalue weighted by molar-refractivity contribution is 0.102. The van der Waals surface area contributed by atoms with Crippen molar-refractivity contribution in [2.24, 2.45) is 0 Å². The maximum absolute atomic E-state index is 12.8. The highest BCUT2D eigenvalue weighted by Crippen LogP contribution is 2.27. The Morgan fingerprint density at radius 1 is 1.17 bits per heavy atom. The highest BCUT2D eigenvalue weighted by molar-refractivity contribution is 7.89. The third kappa shape index (κ3) is 4.35. The number of anilines is 1. The number of nitrogens with one attached hydrogen (secondary N) is 1. The fourth-order valence-corrected chi connectivity index (χ4v) is 4.98. The smallest absolute Gasteiger partial charge is 0.255 e. The largest absolute Gasteiger partial charge is 0.440 e. The van der Waals surface area contributed by atoms with Gasteiger partial charge in [0.25, 0.3) is 5.91 Å². The monoisotopic (exact) mass is 449 g/mol. The number of amides is 1. The molecule has 9 heteroatoms. The Hall–Kier alpha value is -2.42. The molecule has 0 saturated heterocycles. The summed E-state index contributed by atoms with van der Waals surface area (Å²) in [6.07, 6.45) is 0. The molecule has 0 aliphatic heterocycles. The van der Waals surface area contributed by atoms with Crippen molar-refractivity contribution < 1.29 is 17.6 Å². The van der Waals surface area contributed by atoms with Crippen molar-refractivity contribution >= 4 is 44.3 Å². The average molecular weight is 450 g/mol. The van der Waals surface area contributed by atoms with Crippen LogP contribution in [0.25, 0.3) is 11.1 Å². The van der Waals surface area contributed by atoms with Crippen LogP contribution >= 0.6 is 11.6 Å². The second-order valence-electron chi connectivity index (χ2n) is 7.08. The van der Waals surface area contributed by atoms with Crippen LogP contribution in [0.3, 0.4) is 0 Å². The Morgan fingerprint density at radius 2 is 1.87 bits per heavy atom. The lowest BCUT2D eigenvalue weighted by atomic mass is 10.2. The molecule has 2 aromatic carbocycles. The number of hydrogen-bond donors (Lipinski definition) is 1. The Bertz CT molecular complexity index is 1180. The number of sulfonamides is 1. The summed E-state index contributed by atoms with van der Waals surface area (Å²) in [6.45, 7) is 8.07. The van der Waals surface area contributed by atoms with Gasteiger partial charge in [0.05, 0.1) is 5.02 Å². The van der Waals surface area contributed by atoms with Gasteiger partial charge in [-0.05, 0) is 36.4 Å². The van der Waals surface area contributed by atoms with Crippen molar-refractivity contribution in [3.63, 3.8) is 0 Å². The molecular weight excluding hydrogens is 426 g/mol. The average Bonchev–Trinajstić information content (AvgIpc) is 3.12. The number of fused-ring (bicyclic) bond motifs is 1. The summed E-state index contributed by atoms with van der Waals surface area (Å²) in [5.74, 6) is 0.322. The van der Waals surface area contributed by atoms with E-state index in [9.17, 15) is 13.2 Å². The normalized spacial score (nSPS) is 12.1. The third-order valence-corrected chi connectivity index (χ3v) is 7.20. The van der Waals surface area contributed by atoms with E-state index in [4.69, 9.17) is 16.0 Å². The summed E-state index contributed by atoms with van der Waals surface area (Å²) in [6, 6.07) is 9.37. The second-order valence-corrected chi connectivity index (χ2v) is 9.39. The van der Waals surface area contributed by atoms with Gasteiger partial charge >= 0.3 is 0 Å². The van der Waals surface area contributed by atoms with Crippen LogP contribution in [0.2, 0.25) is 5.02 Å². The molecule has 1 N–H and O–H groups in total. The molecule has 0 aliphatic rings. The van der Waals surface area contributed by atoms with Crippen LogP contribution in [-0.2, 0) is 10.0 Å².